The Morgan fingerprint density at radius 3 is 2.60 bits per heavy atom. The second kappa shape index (κ2) is 6.79. The maximum Gasteiger partial charge on any atom is 0.324 e. The van der Waals surface area contributed by atoms with Gasteiger partial charge in [-0.15, -0.1) is 0 Å². The van der Waals surface area contributed by atoms with Crippen LogP contribution in [0.5, 0.6) is 0 Å². The number of nitrogens with zero attached hydrogens (tertiary/aromatic N) is 1. The molecule has 4 nitrogen and oxygen atoms in total. The summed E-state index contributed by atoms with van der Waals surface area (Å²) in [7, 11) is 0. The number of thiol groups is 1. The van der Waals surface area contributed by atoms with Crippen LogP contribution in [0.25, 0.3) is 0 Å². The minimum atomic E-state index is -0.358. The number of carbonyl (C=O) groups excluding carboxylic acids is 2. The van der Waals surface area contributed by atoms with E-state index >= 15 is 0 Å². The molecule has 3 amide bonds. The predicted octanol–water partition coefficient (Wildman–Crippen LogP) is 2.42. The van der Waals surface area contributed by atoms with E-state index in [1.54, 1.807) is 0 Å². The molecule has 0 saturated carbocycles. The Kier molecular flexibility index (Phi) is 5.06. The minimum absolute atomic E-state index is 0.0645. The second-order valence-corrected chi connectivity index (χ2v) is 5.39. The molecule has 0 radical (unpaired) electrons. The van der Waals surface area contributed by atoms with Crippen molar-refractivity contribution in [2.45, 2.75) is 31.7 Å². The number of nitrogens with one attached hydrogen (secondary N) is 1. The van der Waals surface area contributed by atoms with Crippen LogP contribution in [0.3, 0.4) is 0 Å². The summed E-state index contributed by atoms with van der Waals surface area (Å²) < 4.78 is 0. The van der Waals surface area contributed by atoms with Gasteiger partial charge in [0, 0.05) is 12.5 Å². The fourth-order valence-corrected chi connectivity index (χ4v) is 2.77. The van der Waals surface area contributed by atoms with E-state index in [0.717, 1.165) is 12.0 Å². The molecule has 1 saturated heterocycles. The molecule has 5 heteroatoms. The molecule has 1 aromatic rings. The van der Waals surface area contributed by atoms with Gasteiger partial charge in [-0.1, -0.05) is 43.7 Å². The summed E-state index contributed by atoms with van der Waals surface area (Å²) in [6.45, 7) is 2.39. The van der Waals surface area contributed by atoms with E-state index in [9.17, 15) is 9.59 Å². The summed E-state index contributed by atoms with van der Waals surface area (Å²) >= 11 is 4.35. The Hall–Kier alpha value is -1.49. The Morgan fingerprint density at radius 1 is 1.30 bits per heavy atom. The number of hydrogen-bond donors (Lipinski definition) is 2. The van der Waals surface area contributed by atoms with Gasteiger partial charge < -0.3 is 5.32 Å². The van der Waals surface area contributed by atoms with E-state index in [0.29, 0.717) is 18.7 Å². The van der Waals surface area contributed by atoms with Crippen molar-refractivity contribution < 1.29 is 9.59 Å². The first-order valence-electron chi connectivity index (χ1n) is 6.95. The van der Waals surface area contributed by atoms with Crippen molar-refractivity contribution >= 4 is 24.6 Å². The van der Waals surface area contributed by atoms with Gasteiger partial charge in [0.25, 0.3) is 5.91 Å². The smallest absolute Gasteiger partial charge is 0.324 e. The number of amides is 3. The summed E-state index contributed by atoms with van der Waals surface area (Å²) in [6.07, 6.45) is 1.57. The van der Waals surface area contributed by atoms with Crippen molar-refractivity contribution in [1.29, 1.82) is 0 Å². The predicted molar refractivity (Wildman–Crippen MR) is 82.0 cm³/mol. The van der Waals surface area contributed by atoms with Crippen LogP contribution in [0.1, 0.15) is 31.2 Å². The summed E-state index contributed by atoms with van der Waals surface area (Å²) in [6, 6.07) is 9.23. The maximum absolute atomic E-state index is 12.2. The van der Waals surface area contributed by atoms with Gasteiger partial charge in [-0.05, 0) is 17.7 Å². The van der Waals surface area contributed by atoms with E-state index in [-0.39, 0.29) is 23.9 Å². The molecule has 1 aromatic carbocycles. The van der Waals surface area contributed by atoms with Gasteiger partial charge in [0.05, 0.1) is 0 Å². The van der Waals surface area contributed by atoms with Crippen LogP contribution in [0.4, 0.5) is 4.79 Å². The molecular weight excluding hydrogens is 272 g/mol. The van der Waals surface area contributed by atoms with Gasteiger partial charge in [-0.3, -0.25) is 9.69 Å². The number of imide groups is 1. The molecule has 20 heavy (non-hydrogen) atoms. The highest BCUT2D eigenvalue weighted by atomic mass is 32.1. The van der Waals surface area contributed by atoms with E-state index in [1.807, 2.05) is 37.3 Å². The third-order valence-electron chi connectivity index (χ3n) is 3.58. The topological polar surface area (TPSA) is 49.4 Å². The highest BCUT2D eigenvalue weighted by Crippen LogP contribution is 2.21. The fraction of sp³-hybridized carbons (Fsp3) is 0.467. The van der Waals surface area contributed by atoms with E-state index < -0.39 is 0 Å². The lowest BCUT2D eigenvalue weighted by Crippen LogP contribution is -2.35. The lowest BCUT2D eigenvalue weighted by atomic mass is 10.0. The molecule has 1 heterocycles. The van der Waals surface area contributed by atoms with Crippen molar-refractivity contribution in [2.75, 3.05) is 12.3 Å². The molecule has 0 aromatic heterocycles. The second-order valence-electron chi connectivity index (χ2n) is 5.03. The molecule has 108 valence electrons. The zero-order valence-electron chi connectivity index (χ0n) is 11.6. The van der Waals surface area contributed by atoms with Crippen LogP contribution in [-0.2, 0) is 4.79 Å². The lowest BCUT2D eigenvalue weighted by molar-refractivity contribution is -0.127. The standard InChI is InChI=1S/C15H20N2O2S/c1-2-6-13-14(18)17(15(19)16-13)9-12(10-20)11-7-4-3-5-8-11/h3-5,7-8,12-13,20H,2,6,9-10H2,1H3,(H,16,19). The van der Waals surface area contributed by atoms with Crippen molar-refractivity contribution in [2.24, 2.45) is 0 Å². The summed E-state index contributed by atoms with van der Waals surface area (Å²) in [4.78, 5) is 25.5. The zero-order valence-corrected chi connectivity index (χ0v) is 12.5. The summed E-state index contributed by atoms with van der Waals surface area (Å²) in [5.41, 5.74) is 1.10. The third kappa shape index (κ3) is 3.15. The van der Waals surface area contributed by atoms with Gasteiger partial charge in [0.1, 0.15) is 6.04 Å². The van der Waals surface area contributed by atoms with Gasteiger partial charge in [0.15, 0.2) is 0 Å². The summed E-state index contributed by atoms with van der Waals surface area (Å²) in [5.74, 6) is 0.550. The van der Waals surface area contributed by atoms with E-state index in [4.69, 9.17) is 0 Å². The maximum atomic E-state index is 12.2. The fourth-order valence-electron chi connectivity index (χ4n) is 2.45. The normalized spacial score (nSPS) is 20.1. The van der Waals surface area contributed by atoms with Crippen molar-refractivity contribution in [1.82, 2.24) is 10.2 Å². The Labute approximate surface area is 124 Å². The average molecular weight is 292 g/mol. The van der Waals surface area contributed by atoms with Gasteiger partial charge >= 0.3 is 6.03 Å². The number of carbonyl (C=O) groups is 2. The highest BCUT2D eigenvalue weighted by molar-refractivity contribution is 7.80. The first-order chi connectivity index (χ1) is 9.67. The monoisotopic (exact) mass is 292 g/mol. The number of urea groups is 1. The average Bonchev–Trinajstić information content (AvgIpc) is 2.73. The minimum Gasteiger partial charge on any atom is -0.326 e. The molecule has 2 rings (SSSR count). The van der Waals surface area contributed by atoms with Crippen LogP contribution in [0.2, 0.25) is 0 Å². The number of rotatable bonds is 6. The zero-order chi connectivity index (χ0) is 14.5. The van der Waals surface area contributed by atoms with Crippen LogP contribution in [0.15, 0.2) is 30.3 Å². The van der Waals surface area contributed by atoms with Crippen LogP contribution < -0.4 is 5.32 Å². The van der Waals surface area contributed by atoms with Crippen molar-refractivity contribution in [3.63, 3.8) is 0 Å². The largest absolute Gasteiger partial charge is 0.326 e. The molecule has 0 spiro atoms. The molecule has 1 aliphatic rings. The van der Waals surface area contributed by atoms with Crippen LogP contribution in [0, 0.1) is 0 Å². The van der Waals surface area contributed by atoms with E-state index in [2.05, 4.69) is 17.9 Å². The highest BCUT2D eigenvalue weighted by Gasteiger charge is 2.38. The summed E-state index contributed by atoms with van der Waals surface area (Å²) in [5, 5.41) is 2.75. The molecule has 2 unspecified atom stereocenters. The SMILES string of the molecule is CCCC1NC(=O)N(CC(CS)c2ccccc2)C1=O. The first-order valence-corrected chi connectivity index (χ1v) is 7.58. The third-order valence-corrected chi connectivity index (χ3v) is 4.02. The van der Waals surface area contributed by atoms with Crippen LogP contribution in [-0.4, -0.2) is 35.2 Å². The molecular formula is C15H20N2O2S. The van der Waals surface area contributed by atoms with Crippen molar-refractivity contribution in [3.05, 3.63) is 35.9 Å². The lowest BCUT2D eigenvalue weighted by Gasteiger charge is -2.20. The van der Waals surface area contributed by atoms with Crippen LogP contribution >= 0.6 is 12.6 Å². The number of hydrogen-bond acceptors (Lipinski definition) is 3. The van der Waals surface area contributed by atoms with Gasteiger partial charge in [0.2, 0.25) is 0 Å². The molecule has 0 bridgehead atoms. The van der Waals surface area contributed by atoms with E-state index in [1.165, 1.54) is 4.90 Å². The quantitative estimate of drug-likeness (QED) is 0.625. The van der Waals surface area contributed by atoms with Gasteiger partial charge in [-0.2, -0.15) is 12.6 Å². The molecule has 0 aliphatic carbocycles. The first kappa shape index (κ1) is 14.9. The Morgan fingerprint density at radius 2 is 2.00 bits per heavy atom. The van der Waals surface area contributed by atoms with Crippen molar-refractivity contribution in [3.8, 4) is 0 Å². The molecule has 2 atom stereocenters. The van der Waals surface area contributed by atoms with Gasteiger partial charge in [-0.25, -0.2) is 4.79 Å². The Bertz CT molecular complexity index is 478. The molecule has 1 N–H and O–H groups in total. The Balaban J connectivity index is 2.08. The number of benzene rings is 1. The molecule has 1 fully saturated rings. The molecule has 1 aliphatic heterocycles.